The zero-order valence-electron chi connectivity index (χ0n) is 21.3. The lowest BCUT2D eigenvalue weighted by atomic mass is 10.0. The first-order chi connectivity index (χ1) is 18.3. The van der Waals surface area contributed by atoms with Crippen molar-refractivity contribution in [2.24, 2.45) is 5.92 Å². The van der Waals surface area contributed by atoms with E-state index < -0.39 is 15.8 Å². The van der Waals surface area contributed by atoms with Crippen LogP contribution in [0.1, 0.15) is 12.8 Å². The van der Waals surface area contributed by atoms with Gasteiger partial charge in [-0.3, -0.25) is 4.72 Å². The second-order valence-electron chi connectivity index (χ2n) is 9.29. The number of benzene rings is 1. The number of aromatic nitrogens is 3. The van der Waals surface area contributed by atoms with Crippen molar-refractivity contribution in [1.29, 1.82) is 0 Å². The van der Waals surface area contributed by atoms with E-state index >= 15 is 0 Å². The van der Waals surface area contributed by atoms with E-state index in [1.165, 1.54) is 25.4 Å². The fourth-order valence-electron chi connectivity index (χ4n) is 4.53. The smallest absolute Gasteiger partial charge is 0.238 e. The predicted molar refractivity (Wildman–Crippen MR) is 140 cm³/mol. The number of nitrogens with zero attached hydrogens (tertiary/aromatic N) is 4. The van der Waals surface area contributed by atoms with Gasteiger partial charge in [-0.1, -0.05) is 0 Å². The number of methoxy groups -OCH3 is 1. The minimum absolute atomic E-state index is 0.0950. The van der Waals surface area contributed by atoms with Crippen LogP contribution in [0.2, 0.25) is 0 Å². The fourth-order valence-corrected chi connectivity index (χ4v) is 5.07. The highest BCUT2D eigenvalue weighted by Gasteiger charge is 2.23. The summed E-state index contributed by atoms with van der Waals surface area (Å²) in [6.07, 6.45) is 4.29. The van der Waals surface area contributed by atoms with Crippen LogP contribution in [-0.4, -0.2) is 82.9 Å². The highest BCUT2D eigenvalue weighted by atomic mass is 32.2. The van der Waals surface area contributed by atoms with Gasteiger partial charge in [-0.15, -0.1) is 0 Å². The Morgan fingerprint density at radius 1 is 1.11 bits per heavy atom. The normalized spacial score (nSPS) is 17.0. The predicted octanol–water partition coefficient (Wildman–Crippen LogP) is 2.85. The Labute approximate surface area is 220 Å². The molecule has 0 unspecified atom stereocenters. The van der Waals surface area contributed by atoms with Crippen LogP contribution in [0.15, 0.2) is 24.4 Å². The zero-order valence-corrected chi connectivity index (χ0v) is 22.1. The average Bonchev–Trinajstić information content (AvgIpc) is 2.91. The maximum Gasteiger partial charge on any atom is 0.238 e. The summed E-state index contributed by atoms with van der Waals surface area (Å²) in [7, 11) is -2.23. The number of fused-ring (bicyclic) bond motifs is 1. The van der Waals surface area contributed by atoms with Gasteiger partial charge in [0.05, 0.1) is 38.9 Å². The van der Waals surface area contributed by atoms with Crippen LogP contribution in [0.25, 0.3) is 22.2 Å². The van der Waals surface area contributed by atoms with E-state index in [0.29, 0.717) is 85.9 Å². The molecule has 1 aromatic carbocycles. The van der Waals surface area contributed by atoms with E-state index in [4.69, 9.17) is 28.9 Å². The Bertz CT molecular complexity index is 1410. The summed E-state index contributed by atoms with van der Waals surface area (Å²) in [5, 5.41) is 0.418. The van der Waals surface area contributed by atoms with Gasteiger partial charge >= 0.3 is 0 Å². The summed E-state index contributed by atoms with van der Waals surface area (Å²) in [4.78, 5) is 15.8. The van der Waals surface area contributed by atoms with E-state index in [1.54, 1.807) is 6.07 Å². The van der Waals surface area contributed by atoms with Crippen molar-refractivity contribution in [3.05, 3.63) is 30.2 Å². The lowest BCUT2D eigenvalue weighted by molar-refractivity contribution is 0.0499. The SMILES string of the molecule is COc1ncc(-c2nc(N3CCOCC3)nc3c(OCC4CCOCC4)cc(F)cc23)cc1NS(C)(=O)=O. The van der Waals surface area contributed by atoms with Crippen molar-refractivity contribution < 1.29 is 31.8 Å². The molecule has 0 saturated carbocycles. The average molecular weight is 548 g/mol. The maximum absolute atomic E-state index is 14.9. The van der Waals surface area contributed by atoms with Crippen molar-refractivity contribution in [2.45, 2.75) is 12.8 Å². The van der Waals surface area contributed by atoms with Gasteiger partial charge < -0.3 is 23.8 Å². The molecule has 3 aromatic rings. The number of rotatable bonds is 8. The number of ether oxygens (including phenoxy) is 4. The standard InChI is InChI=1S/C25H30FN5O6S/c1-34-24-20(30-38(2,32)33)11-17(14-27-24)22-19-12-18(26)13-21(37-15-16-3-7-35-8-4-16)23(19)29-25(28-22)31-5-9-36-10-6-31/h11-14,16,30H,3-10,15H2,1-2H3. The van der Waals surface area contributed by atoms with Crippen molar-refractivity contribution in [3.63, 3.8) is 0 Å². The Hall–Kier alpha value is -3.29. The van der Waals surface area contributed by atoms with Crippen LogP contribution in [0.5, 0.6) is 11.6 Å². The molecule has 1 N–H and O–H groups in total. The first-order valence-corrected chi connectivity index (χ1v) is 14.3. The monoisotopic (exact) mass is 547 g/mol. The van der Waals surface area contributed by atoms with Crippen LogP contribution in [0, 0.1) is 11.7 Å². The quantitative estimate of drug-likeness (QED) is 0.450. The second kappa shape index (κ2) is 11.2. The first-order valence-electron chi connectivity index (χ1n) is 12.4. The molecule has 0 radical (unpaired) electrons. The second-order valence-corrected chi connectivity index (χ2v) is 11.0. The molecule has 0 atom stereocenters. The van der Waals surface area contributed by atoms with E-state index in [2.05, 4.69) is 9.71 Å². The van der Waals surface area contributed by atoms with Gasteiger partial charge in [0, 0.05) is 49.5 Å². The molecule has 2 aliphatic heterocycles. The van der Waals surface area contributed by atoms with Crippen molar-refractivity contribution in [3.8, 4) is 22.9 Å². The molecule has 38 heavy (non-hydrogen) atoms. The van der Waals surface area contributed by atoms with Gasteiger partial charge in [0.1, 0.15) is 22.8 Å². The molecule has 2 saturated heterocycles. The summed E-state index contributed by atoms with van der Waals surface area (Å²) in [6.45, 7) is 4.01. The molecule has 0 spiro atoms. The van der Waals surface area contributed by atoms with Crippen LogP contribution < -0.4 is 19.1 Å². The lowest BCUT2D eigenvalue weighted by Crippen LogP contribution is -2.37. The van der Waals surface area contributed by atoms with Gasteiger partial charge in [0.2, 0.25) is 21.9 Å². The largest absolute Gasteiger partial charge is 0.491 e. The Balaban J connectivity index is 1.64. The molecule has 11 nitrogen and oxygen atoms in total. The molecule has 13 heteroatoms. The highest BCUT2D eigenvalue weighted by molar-refractivity contribution is 7.92. The van der Waals surface area contributed by atoms with Crippen LogP contribution in [0.3, 0.4) is 0 Å². The molecule has 2 aromatic heterocycles. The summed E-state index contributed by atoms with van der Waals surface area (Å²) in [5.74, 6) is 0.655. The van der Waals surface area contributed by atoms with Gasteiger partial charge in [0.25, 0.3) is 0 Å². The number of halogens is 1. The summed E-state index contributed by atoms with van der Waals surface area (Å²) >= 11 is 0. The third-order valence-electron chi connectivity index (χ3n) is 6.44. The third-order valence-corrected chi connectivity index (χ3v) is 7.03. The molecule has 0 bridgehead atoms. The Morgan fingerprint density at radius 2 is 1.84 bits per heavy atom. The van der Waals surface area contributed by atoms with Gasteiger partial charge in [-0.2, -0.15) is 0 Å². The molecule has 2 aliphatic rings. The van der Waals surface area contributed by atoms with E-state index in [-0.39, 0.29) is 11.6 Å². The third kappa shape index (κ3) is 6.05. The molecular formula is C25H30FN5O6S. The first kappa shape index (κ1) is 26.3. The lowest BCUT2D eigenvalue weighted by Gasteiger charge is -2.27. The Kier molecular flexibility index (Phi) is 7.77. The van der Waals surface area contributed by atoms with Crippen LogP contribution in [-0.2, 0) is 19.5 Å². The number of anilines is 2. The van der Waals surface area contributed by atoms with Crippen LogP contribution >= 0.6 is 0 Å². The molecule has 2 fully saturated rings. The van der Waals surface area contributed by atoms with Crippen molar-refractivity contribution in [2.75, 3.05) is 69.1 Å². The number of sulfonamides is 1. The van der Waals surface area contributed by atoms with Crippen molar-refractivity contribution >= 4 is 32.6 Å². The van der Waals surface area contributed by atoms with E-state index in [9.17, 15) is 12.8 Å². The number of morpholine rings is 1. The van der Waals surface area contributed by atoms with Gasteiger partial charge in [-0.05, 0) is 30.9 Å². The number of nitrogens with one attached hydrogen (secondary N) is 1. The topological polar surface area (TPSA) is 125 Å². The minimum Gasteiger partial charge on any atom is -0.491 e. The van der Waals surface area contributed by atoms with Crippen molar-refractivity contribution in [1.82, 2.24) is 15.0 Å². The summed E-state index contributed by atoms with van der Waals surface area (Å²) < 4.78 is 63.6. The van der Waals surface area contributed by atoms with E-state index in [1.807, 2.05) is 4.90 Å². The van der Waals surface area contributed by atoms with E-state index in [0.717, 1.165) is 19.1 Å². The van der Waals surface area contributed by atoms with Crippen LogP contribution in [0.4, 0.5) is 16.0 Å². The number of pyridine rings is 1. The molecule has 0 amide bonds. The molecule has 204 valence electrons. The van der Waals surface area contributed by atoms with Gasteiger partial charge in [-0.25, -0.2) is 27.8 Å². The molecular weight excluding hydrogens is 517 g/mol. The molecule has 0 aliphatic carbocycles. The maximum atomic E-state index is 14.9. The minimum atomic E-state index is -3.62. The zero-order chi connectivity index (χ0) is 26.7. The Morgan fingerprint density at radius 3 is 2.55 bits per heavy atom. The highest BCUT2D eigenvalue weighted by Crippen LogP contribution is 2.37. The molecule has 4 heterocycles. The number of hydrogen-bond donors (Lipinski definition) is 1. The van der Waals surface area contributed by atoms with Gasteiger partial charge in [0.15, 0.2) is 0 Å². The summed E-state index contributed by atoms with van der Waals surface area (Å²) in [6, 6.07) is 4.25. The number of hydrogen-bond acceptors (Lipinski definition) is 10. The fraction of sp³-hybridized carbons (Fsp3) is 0.480. The molecule has 5 rings (SSSR count). The summed E-state index contributed by atoms with van der Waals surface area (Å²) in [5.41, 5.74) is 1.44.